The lowest BCUT2D eigenvalue weighted by atomic mass is 9.93. The highest BCUT2D eigenvalue weighted by molar-refractivity contribution is 7.84. The Morgan fingerprint density at radius 2 is 2.13 bits per heavy atom. The van der Waals surface area contributed by atoms with Gasteiger partial charge in [0.05, 0.1) is 29.7 Å². The predicted octanol–water partition coefficient (Wildman–Crippen LogP) is 3.79. The van der Waals surface area contributed by atoms with E-state index in [-0.39, 0.29) is 35.8 Å². The SMILES string of the molecule is Cc1sc(C(=O)c2cncnc2N(O)[C@H]2C[CH]C[C@H]2COS(N)(=O)=O)cc1[C@@H]1OCCc2ccc(Cl)cc21. The third-order valence-corrected chi connectivity index (χ3v) is 8.61. The van der Waals surface area contributed by atoms with Crippen LogP contribution in [-0.4, -0.2) is 48.6 Å². The summed E-state index contributed by atoms with van der Waals surface area (Å²) in [6, 6.07) is 7.03. The zero-order chi connectivity index (χ0) is 27.0. The Morgan fingerprint density at radius 1 is 1.32 bits per heavy atom. The van der Waals surface area contributed by atoms with Gasteiger partial charge in [-0.1, -0.05) is 17.7 Å². The molecule has 38 heavy (non-hydrogen) atoms. The summed E-state index contributed by atoms with van der Waals surface area (Å²) in [5, 5.41) is 17.6. The van der Waals surface area contributed by atoms with Crippen LogP contribution >= 0.6 is 22.9 Å². The van der Waals surface area contributed by atoms with Gasteiger partial charge < -0.3 is 4.74 Å². The van der Waals surface area contributed by atoms with Gasteiger partial charge in [0.25, 0.3) is 0 Å². The smallest absolute Gasteiger partial charge is 0.333 e. The summed E-state index contributed by atoms with van der Waals surface area (Å²) < 4.78 is 33.4. The van der Waals surface area contributed by atoms with Crippen LogP contribution in [0.1, 0.15) is 55.7 Å². The van der Waals surface area contributed by atoms with Crippen molar-refractivity contribution in [3.63, 3.8) is 0 Å². The molecule has 1 aliphatic carbocycles. The molecule has 0 saturated heterocycles. The highest BCUT2D eigenvalue weighted by Gasteiger charge is 2.36. The first-order chi connectivity index (χ1) is 18.1. The van der Waals surface area contributed by atoms with Crippen molar-refractivity contribution in [1.82, 2.24) is 9.97 Å². The number of ketones is 1. The minimum absolute atomic E-state index is 0.0320. The number of halogens is 1. The number of nitrogens with two attached hydrogens (primary N) is 1. The molecule has 1 saturated carbocycles. The number of hydrogen-bond acceptors (Lipinski definition) is 10. The summed E-state index contributed by atoms with van der Waals surface area (Å²) in [6.07, 6.45) is 5.91. The average Bonchev–Trinajstić information content (AvgIpc) is 3.52. The second-order valence-electron chi connectivity index (χ2n) is 9.26. The molecule has 2 aromatic heterocycles. The van der Waals surface area contributed by atoms with Crippen LogP contribution in [0.25, 0.3) is 0 Å². The van der Waals surface area contributed by atoms with E-state index in [1.165, 1.54) is 23.9 Å². The van der Waals surface area contributed by atoms with Crippen LogP contribution in [0.5, 0.6) is 0 Å². The van der Waals surface area contributed by atoms with Gasteiger partial charge in [-0.3, -0.25) is 14.2 Å². The minimum atomic E-state index is -4.13. The molecule has 5 rings (SSSR count). The zero-order valence-electron chi connectivity index (χ0n) is 20.4. The van der Waals surface area contributed by atoms with Gasteiger partial charge in [0.2, 0.25) is 5.78 Å². The Kier molecular flexibility index (Phi) is 7.83. The lowest BCUT2D eigenvalue weighted by molar-refractivity contribution is 0.0697. The zero-order valence-corrected chi connectivity index (χ0v) is 22.8. The number of hydrogen-bond donors (Lipinski definition) is 2. The second kappa shape index (κ2) is 11.0. The maximum absolute atomic E-state index is 13.7. The highest BCUT2D eigenvalue weighted by Crippen LogP contribution is 2.40. The first kappa shape index (κ1) is 27.1. The van der Waals surface area contributed by atoms with E-state index in [4.69, 9.17) is 25.7 Å². The normalized spacial score (nSPS) is 21.3. The number of anilines is 1. The number of aromatic nitrogens is 2. The molecule has 10 nitrogen and oxygen atoms in total. The Morgan fingerprint density at radius 3 is 2.92 bits per heavy atom. The van der Waals surface area contributed by atoms with Crippen molar-refractivity contribution in [2.75, 3.05) is 18.3 Å². The van der Waals surface area contributed by atoms with Gasteiger partial charge in [0, 0.05) is 22.0 Å². The minimum Gasteiger partial charge on any atom is -0.368 e. The first-order valence-electron chi connectivity index (χ1n) is 11.9. The Labute approximate surface area is 229 Å². The maximum Gasteiger partial charge on any atom is 0.333 e. The van der Waals surface area contributed by atoms with Crippen LogP contribution in [-0.2, 0) is 25.6 Å². The summed E-state index contributed by atoms with van der Waals surface area (Å²) in [5.41, 5.74) is 3.15. The molecule has 1 aromatic carbocycles. The monoisotopic (exact) mass is 577 g/mol. The molecule has 3 aromatic rings. The van der Waals surface area contributed by atoms with Gasteiger partial charge in [0.1, 0.15) is 12.4 Å². The topological polar surface area (TPSA) is 145 Å². The Bertz CT molecular complexity index is 1460. The van der Waals surface area contributed by atoms with E-state index >= 15 is 0 Å². The van der Waals surface area contributed by atoms with Gasteiger partial charge in [-0.05, 0) is 67.5 Å². The number of hydroxylamine groups is 1. The number of nitrogens with zero attached hydrogens (tertiary/aromatic N) is 3. The molecular formula is C25H26ClN4O6S2. The number of ether oxygens (including phenoxy) is 1. The second-order valence-corrected chi connectivity index (χ2v) is 12.2. The number of carbonyl (C=O) groups is 1. The lowest BCUT2D eigenvalue weighted by Gasteiger charge is -2.28. The molecule has 3 N–H and O–H groups in total. The number of carbonyl (C=O) groups excluding carboxylic acids is 1. The summed E-state index contributed by atoms with van der Waals surface area (Å²) in [5.74, 6) is -0.688. The lowest BCUT2D eigenvalue weighted by Crippen LogP contribution is -2.39. The number of rotatable bonds is 8. The summed E-state index contributed by atoms with van der Waals surface area (Å²) in [4.78, 5) is 23.3. The largest absolute Gasteiger partial charge is 0.368 e. The van der Waals surface area contributed by atoms with Gasteiger partial charge >= 0.3 is 10.3 Å². The van der Waals surface area contributed by atoms with Crippen molar-refractivity contribution in [3.8, 4) is 0 Å². The molecule has 0 spiro atoms. The number of fused-ring (bicyclic) bond motifs is 1. The average molecular weight is 578 g/mol. The molecule has 201 valence electrons. The van der Waals surface area contributed by atoms with Crippen LogP contribution in [0.3, 0.4) is 0 Å². The van der Waals surface area contributed by atoms with Crippen molar-refractivity contribution >= 4 is 44.8 Å². The molecular weight excluding hydrogens is 552 g/mol. The van der Waals surface area contributed by atoms with E-state index in [1.54, 1.807) is 0 Å². The van der Waals surface area contributed by atoms with E-state index in [2.05, 4.69) is 9.97 Å². The first-order valence-corrected chi connectivity index (χ1v) is 14.6. The van der Waals surface area contributed by atoms with E-state index in [0.717, 1.165) is 33.1 Å². The summed E-state index contributed by atoms with van der Waals surface area (Å²) in [7, 11) is -4.13. The van der Waals surface area contributed by atoms with Crippen molar-refractivity contribution in [2.24, 2.45) is 11.1 Å². The summed E-state index contributed by atoms with van der Waals surface area (Å²) in [6.45, 7) is 2.29. The molecule has 1 radical (unpaired) electrons. The van der Waals surface area contributed by atoms with Crippen LogP contribution in [0, 0.1) is 19.3 Å². The molecule has 3 heterocycles. The molecule has 2 aliphatic rings. The molecule has 0 unspecified atom stereocenters. The summed E-state index contributed by atoms with van der Waals surface area (Å²) >= 11 is 7.59. The predicted molar refractivity (Wildman–Crippen MR) is 142 cm³/mol. The van der Waals surface area contributed by atoms with E-state index in [0.29, 0.717) is 29.3 Å². The number of benzene rings is 1. The van der Waals surface area contributed by atoms with Crippen molar-refractivity contribution < 1.29 is 27.3 Å². The van der Waals surface area contributed by atoms with Gasteiger partial charge in [-0.15, -0.1) is 11.3 Å². The third kappa shape index (κ3) is 5.62. The van der Waals surface area contributed by atoms with E-state index < -0.39 is 16.3 Å². The van der Waals surface area contributed by atoms with Crippen molar-refractivity contribution in [3.05, 3.63) is 80.2 Å². The molecule has 0 amide bonds. The molecule has 1 fully saturated rings. The van der Waals surface area contributed by atoms with Crippen LogP contribution in [0.2, 0.25) is 5.02 Å². The van der Waals surface area contributed by atoms with Gasteiger partial charge in [-0.2, -0.15) is 8.42 Å². The van der Waals surface area contributed by atoms with Crippen molar-refractivity contribution in [2.45, 2.75) is 38.3 Å². The number of thiophene rings is 1. The fourth-order valence-corrected chi connectivity index (χ4v) is 6.53. The fraction of sp³-hybridized carbons (Fsp3) is 0.360. The van der Waals surface area contributed by atoms with E-state index in [9.17, 15) is 18.4 Å². The molecule has 0 bridgehead atoms. The molecule has 13 heteroatoms. The Balaban J connectivity index is 1.42. The maximum atomic E-state index is 13.7. The third-order valence-electron chi connectivity index (χ3n) is 6.84. The number of aryl methyl sites for hydroxylation is 1. The highest BCUT2D eigenvalue weighted by atomic mass is 35.5. The molecule has 3 atom stereocenters. The Hall–Kier alpha value is -2.45. The quantitative estimate of drug-likeness (QED) is 0.301. The van der Waals surface area contributed by atoms with Crippen LogP contribution in [0.4, 0.5) is 5.82 Å². The fourth-order valence-electron chi connectivity index (χ4n) is 4.99. The van der Waals surface area contributed by atoms with Crippen molar-refractivity contribution in [1.29, 1.82) is 0 Å². The van der Waals surface area contributed by atoms with Gasteiger partial charge in [-0.25, -0.2) is 20.2 Å². The van der Waals surface area contributed by atoms with Crippen LogP contribution in [0.15, 0.2) is 36.8 Å². The van der Waals surface area contributed by atoms with Crippen LogP contribution < -0.4 is 10.2 Å². The molecule has 1 aliphatic heterocycles. The van der Waals surface area contributed by atoms with E-state index in [1.807, 2.05) is 37.6 Å². The van der Waals surface area contributed by atoms with Gasteiger partial charge in [0.15, 0.2) is 5.82 Å². The standard InChI is InChI=1S/C25H26ClN4O6S2/c1-14-18(24-19-9-17(26)6-5-15(19)7-8-35-24)10-22(37-14)23(31)20-11-28-13-29-25(20)30(32)21-4-2-3-16(21)12-36-38(27,33)34/h2,5-6,9-11,13,16,21,24,32H,3-4,7-8,12H2,1H3,(H2,27,33,34)/t16-,21-,24-/m0/s1.